The molecule has 1 heterocycles. The highest BCUT2D eigenvalue weighted by atomic mass is 127. The number of hydrogen-bond donors (Lipinski definition) is 2. The van der Waals surface area contributed by atoms with E-state index in [0.29, 0.717) is 29.7 Å². The van der Waals surface area contributed by atoms with Crippen molar-refractivity contribution in [2.75, 3.05) is 50.7 Å². The molecule has 0 radical (unpaired) electrons. The molecule has 152 valence electrons. The van der Waals surface area contributed by atoms with Crippen LogP contribution in [0.25, 0.3) is 0 Å². The predicted molar refractivity (Wildman–Crippen MR) is 123 cm³/mol. The number of para-hydroxylation sites is 1. The van der Waals surface area contributed by atoms with Gasteiger partial charge in [-0.25, -0.2) is 4.99 Å². The molecule has 0 amide bonds. The summed E-state index contributed by atoms with van der Waals surface area (Å²) in [5.41, 5.74) is 9.12. The van der Waals surface area contributed by atoms with Gasteiger partial charge in [0, 0.05) is 24.8 Å². The molecule has 28 heavy (non-hydrogen) atoms. The van der Waals surface area contributed by atoms with Gasteiger partial charge in [-0.2, -0.15) is 0 Å². The molecule has 3 N–H and O–H groups in total. The molecule has 0 unspecified atom stereocenters. The van der Waals surface area contributed by atoms with Gasteiger partial charge in [0.2, 0.25) is 0 Å². The van der Waals surface area contributed by atoms with E-state index < -0.39 is 0 Å². The van der Waals surface area contributed by atoms with Crippen LogP contribution in [0, 0.1) is 0 Å². The summed E-state index contributed by atoms with van der Waals surface area (Å²) in [6, 6.07) is 13.7. The van der Waals surface area contributed by atoms with E-state index in [0.717, 1.165) is 31.9 Å². The summed E-state index contributed by atoms with van der Waals surface area (Å²) in [6.07, 6.45) is 0. The van der Waals surface area contributed by atoms with Crippen LogP contribution in [0.2, 0.25) is 0 Å². The molecular weight excluding hydrogens is 471 g/mol. The fourth-order valence-corrected chi connectivity index (χ4v) is 3.02. The van der Waals surface area contributed by atoms with Crippen LogP contribution in [-0.4, -0.2) is 46.5 Å². The fraction of sp³-hybridized carbons (Fsp3) is 0.350. The molecule has 0 atom stereocenters. The Morgan fingerprint density at radius 2 is 1.89 bits per heavy atom. The third-order valence-corrected chi connectivity index (χ3v) is 4.43. The number of rotatable bonds is 6. The van der Waals surface area contributed by atoms with Crippen LogP contribution in [-0.2, 0) is 11.3 Å². The summed E-state index contributed by atoms with van der Waals surface area (Å²) in [6.45, 7) is 3.75. The Hall–Kier alpha value is -2.20. The fourth-order valence-electron chi connectivity index (χ4n) is 3.02. The van der Waals surface area contributed by atoms with E-state index in [-0.39, 0.29) is 24.0 Å². The largest absolute Gasteiger partial charge is 0.497 e. The van der Waals surface area contributed by atoms with Crippen molar-refractivity contribution < 1.29 is 14.2 Å². The van der Waals surface area contributed by atoms with Gasteiger partial charge < -0.3 is 30.2 Å². The Morgan fingerprint density at radius 1 is 1.14 bits per heavy atom. The maximum absolute atomic E-state index is 6.11. The molecule has 1 aliphatic heterocycles. The van der Waals surface area contributed by atoms with Crippen molar-refractivity contribution in [3.05, 3.63) is 48.0 Å². The second-order valence-corrected chi connectivity index (χ2v) is 6.12. The van der Waals surface area contributed by atoms with Crippen molar-refractivity contribution in [2.45, 2.75) is 6.54 Å². The van der Waals surface area contributed by atoms with Gasteiger partial charge in [-0.1, -0.05) is 18.2 Å². The summed E-state index contributed by atoms with van der Waals surface area (Å²) in [5.74, 6) is 1.70. The van der Waals surface area contributed by atoms with Crippen LogP contribution in [0.3, 0.4) is 0 Å². The van der Waals surface area contributed by atoms with E-state index in [1.54, 1.807) is 14.2 Å². The van der Waals surface area contributed by atoms with Gasteiger partial charge in [0.05, 0.1) is 39.7 Å². The zero-order valence-corrected chi connectivity index (χ0v) is 18.5. The SMILES string of the molecule is COc1ccc(OC)c(NC(N)=NCc2ccccc2N2CCOCC2)c1.I. The number of ether oxygens (including phenoxy) is 3. The lowest BCUT2D eigenvalue weighted by Gasteiger charge is -2.30. The van der Waals surface area contributed by atoms with E-state index in [2.05, 4.69) is 27.3 Å². The highest BCUT2D eigenvalue weighted by Gasteiger charge is 2.14. The lowest BCUT2D eigenvalue weighted by Crippen LogP contribution is -2.36. The normalized spacial score (nSPS) is 14.2. The summed E-state index contributed by atoms with van der Waals surface area (Å²) in [7, 11) is 3.23. The maximum Gasteiger partial charge on any atom is 0.193 e. The molecule has 3 rings (SSSR count). The first-order valence-electron chi connectivity index (χ1n) is 8.91. The molecule has 2 aromatic carbocycles. The van der Waals surface area contributed by atoms with Crippen LogP contribution in [0.5, 0.6) is 11.5 Å². The molecule has 0 aliphatic carbocycles. The van der Waals surface area contributed by atoms with E-state index in [4.69, 9.17) is 19.9 Å². The summed E-state index contributed by atoms with van der Waals surface area (Å²) in [5, 5.41) is 3.09. The minimum Gasteiger partial charge on any atom is -0.497 e. The van der Waals surface area contributed by atoms with E-state index in [9.17, 15) is 0 Å². The lowest BCUT2D eigenvalue weighted by atomic mass is 10.1. The smallest absolute Gasteiger partial charge is 0.193 e. The van der Waals surface area contributed by atoms with Crippen molar-refractivity contribution in [1.82, 2.24) is 0 Å². The van der Waals surface area contributed by atoms with Crippen LogP contribution >= 0.6 is 24.0 Å². The van der Waals surface area contributed by atoms with Crippen molar-refractivity contribution >= 4 is 41.3 Å². The Balaban J connectivity index is 0.00000280. The zero-order valence-electron chi connectivity index (χ0n) is 16.2. The molecule has 0 saturated carbocycles. The minimum atomic E-state index is 0. The highest BCUT2D eigenvalue weighted by molar-refractivity contribution is 14.0. The Bertz CT molecular complexity index is 795. The first-order valence-corrected chi connectivity index (χ1v) is 8.91. The second kappa shape index (κ2) is 11.0. The van der Waals surface area contributed by atoms with Gasteiger partial charge in [-0.3, -0.25) is 0 Å². The van der Waals surface area contributed by atoms with Gasteiger partial charge in [0.1, 0.15) is 11.5 Å². The number of guanidine groups is 1. The molecule has 1 aliphatic rings. The van der Waals surface area contributed by atoms with E-state index in [1.807, 2.05) is 30.3 Å². The van der Waals surface area contributed by atoms with Gasteiger partial charge in [-0.15, -0.1) is 24.0 Å². The minimum absolute atomic E-state index is 0. The van der Waals surface area contributed by atoms with Crippen LogP contribution in [0.15, 0.2) is 47.5 Å². The number of methoxy groups -OCH3 is 2. The van der Waals surface area contributed by atoms with Gasteiger partial charge in [0.15, 0.2) is 5.96 Å². The first kappa shape index (κ1) is 22.1. The standard InChI is InChI=1S/C20H26N4O3.HI/c1-25-16-7-8-19(26-2)17(13-16)23-20(21)22-14-15-5-3-4-6-18(15)24-9-11-27-12-10-24;/h3-8,13H,9-12,14H2,1-2H3,(H3,21,22,23);1H. The summed E-state index contributed by atoms with van der Waals surface area (Å²) >= 11 is 0. The molecule has 0 spiro atoms. The molecule has 2 aromatic rings. The predicted octanol–water partition coefficient (Wildman–Crippen LogP) is 3.09. The number of benzene rings is 2. The Labute approximate surface area is 182 Å². The van der Waals surface area contributed by atoms with Crippen LogP contribution in [0.1, 0.15) is 5.56 Å². The number of halogens is 1. The van der Waals surface area contributed by atoms with Crippen molar-refractivity contribution in [3.8, 4) is 11.5 Å². The molecule has 0 aromatic heterocycles. The zero-order chi connectivity index (χ0) is 19.1. The lowest BCUT2D eigenvalue weighted by molar-refractivity contribution is 0.122. The molecular formula is C20H27IN4O3. The van der Waals surface area contributed by atoms with E-state index >= 15 is 0 Å². The number of nitrogens with one attached hydrogen (secondary N) is 1. The van der Waals surface area contributed by atoms with Gasteiger partial charge in [-0.05, 0) is 23.8 Å². The molecule has 0 bridgehead atoms. The number of nitrogens with zero attached hydrogens (tertiary/aromatic N) is 2. The Morgan fingerprint density at radius 3 is 2.61 bits per heavy atom. The molecule has 1 fully saturated rings. The quantitative estimate of drug-likeness (QED) is 0.362. The topological polar surface area (TPSA) is 81.3 Å². The van der Waals surface area contributed by atoms with Crippen molar-refractivity contribution in [1.29, 1.82) is 0 Å². The van der Waals surface area contributed by atoms with Crippen LogP contribution < -0.4 is 25.4 Å². The monoisotopic (exact) mass is 498 g/mol. The van der Waals surface area contributed by atoms with Crippen LogP contribution in [0.4, 0.5) is 11.4 Å². The summed E-state index contributed by atoms with van der Waals surface area (Å²) in [4.78, 5) is 6.83. The summed E-state index contributed by atoms with van der Waals surface area (Å²) < 4.78 is 16.1. The third kappa shape index (κ3) is 5.65. The number of nitrogens with two attached hydrogens (primary N) is 1. The van der Waals surface area contributed by atoms with Gasteiger partial charge >= 0.3 is 0 Å². The average molecular weight is 498 g/mol. The Kier molecular flexibility index (Phi) is 8.65. The second-order valence-electron chi connectivity index (χ2n) is 6.12. The number of anilines is 2. The van der Waals surface area contributed by atoms with Gasteiger partial charge in [0.25, 0.3) is 0 Å². The number of aliphatic imine (C=N–C) groups is 1. The number of hydrogen-bond acceptors (Lipinski definition) is 5. The molecule has 7 nitrogen and oxygen atoms in total. The third-order valence-electron chi connectivity index (χ3n) is 4.43. The highest BCUT2D eigenvalue weighted by Crippen LogP contribution is 2.29. The average Bonchev–Trinajstić information content (AvgIpc) is 2.73. The van der Waals surface area contributed by atoms with Crippen molar-refractivity contribution in [2.24, 2.45) is 10.7 Å². The van der Waals surface area contributed by atoms with Crippen molar-refractivity contribution in [3.63, 3.8) is 0 Å². The molecule has 8 heteroatoms. The number of morpholine rings is 1. The molecule has 1 saturated heterocycles. The first-order chi connectivity index (χ1) is 13.2. The van der Waals surface area contributed by atoms with E-state index in [1.165, 1.54) is 5.69 Å². The maximum atomic E-state index is 6.11.